The van der Waals surface area contributed by atoms with Gasteiger partial charge in [-0.15, -0.1) is 0 Å². The van der Waals surface area contributed by atoms with E-state index >= 15 is 0 Å². The molecule has 3 nitrogen and oxygen atoms in total. The molecule has 6 heteroatoms. The van der Waals surface area contributed by atoms with Crippen molar-refractivity contribution in [2.45, 2.75) is 25.4 Å². The number of carbonyl (C=O) groups excluding carboxylic acids is 1. The van der Waals surface area contributed by atoms with Crippen LogP contribution in [-0.2, 0) is 11.3 Å². The second-order valence-corrected chi connectivity index (χ2v) is 6.30. The normalized spacial score (nSPS) is 14.0. The van der Waals surface area contributed by atoms with Crippen molar-refractivity contribution >= 4 is 23.2 Å². The van der Waals surface area contributed by atoms with Crippen LogP contribution in [0.2, 0.25) is 5.02 Å². The number of nitrogens with zero attached hydrogens (tertiary/aromatic N) is 1. The average molecular weight is 351 g/mol. The van der Waals surface area contributed by atoms with Gasteiger partial charge in [0, 0.05) is 28.9 Å². The van der Waals surface area contributed by atoms with Gasteiger partial charge in [-0.05, 0) is 43.2 Å². The van der Waals surface area contributed by atoms with E-state index in [0.717, 1.165) is 12.8 Å². The molecule has 0 aliphatic heterocycles. The summed E-state index contributed by atoms with van der Waals surface area (Å²) in [5.41, 5.74) is 0.796. The number of benzene rings is 2. The van der Waals surface area contributed by atoms with E-state index in [1.807, 2.05) is 4.90 Å². The van der Waals surface area contributed by atoms with E-state index in [4.69, 9.17) is 11.6 Å². The third-order valence-corrected chi connectivity index (χ3v) is 4.30. The lowest BCUT2D eigenvalue weighted by Gasteiger charge is -2.22. The summed E-state index contributed by atoms with van der Waals surface area (Å²) >= 11 is 6.07. The zero-order chi connectivity index (χ0) is 17.1. The first-order valence-corrected chi connectivity index (χ1v) is 8.13. The monoisotopic (exact) mass is 350 g/mol. The predicted octanol–water partition coefficient (Wildman–Crippen LogP) is 4.22. The van der Waals surface area contributed by atoms with Crippen LogP contribution in [0.3, 0.4) is 0 Å². The molecule has 2 aromatic rings. The summed E-state index contributed by atoms with van der Waals surface area (Å²) in [6.45, 7) is 0.374. The molecule has 3 rings (SSSR count). The van der Waals surface area contributed by atoms with Crippen molar-refractivity contribution in [3.8, 4) is 0 Å². The number of hydrogen-bond donors (Lipinski definition) is 1. The molecule has 0 heterocycles. The standard InChI is InChI=1S/C18H17ClF2N2O/c19-16-5-2-6-17(21)15(16)10-23(14-7-8-14)11-18(24)22-13-4-1-3-12(20)9-13/h1-6,9,14H,7-8,10-11H2,(H,22,24). The summed E-state index contributed by atoms with van der Waals surface area (Å²) in [6, 6.07) is 10.5. The Morgan fingerprint density at radius 1 is 1.21 bits per heavy atom. The Kier molecular flexibility index (Phi) is 5.11. The number of amides is 1. The van der Waals surface area contributed by atoms with Gasteiger partial charge >= 0.3 is 0 Å². The number of rotatable bonds is 6. The van der Waals surface area contributed by atoms with Gasteiger partial charge in [-0.25, -0.2) is 8.78 Å². The van der Waals surface area contributed by atoms with Crippen molar-refractivity contribution in [1.82, 2.24) is 4.90 Å². The molecule has 24 heavy (non-hydrogen) atoms. The van der Waals surface area contributed by atoms with Crippen LogP contribution < -0.4 is 5.32 Å². The van der Waals surface area contributed by atoms with E-state index in [9.17, 15) is 13.6 Å². The first-order valence-electron chi connectivity index (χ1n) is 7.75. The summed E-state index contributed by atoms with van der Waals surface area (Å²) < 4.78 is 27.1. The zero-order valence-electron chi connectivity index (χ0n) is 12.9. The van der Waals surface area contributed by atoms with Crippen molar-refractivity contribution in [3.05, 3.63) is 64.7 Å². The van der Waals surface area contributed by atoms with Crippen LogP contribution >= 0.6 is 11.6 Å². The molecule has 1 aliphatic carbocycles. The maximum absolute atomic E-state index is 14.0. The molecule has 0 spiro atoms. The highest BCUT2D eigenvalue weighted by Crippen LogP contribution is 2.30. The van der Waals surface area contributed by atoms with Gasteiger partial charge < -0.3 is 5.32 Å². The summed E-state index contributed by atoms with van der Waals surface area (Å²) in [4.78, 5) is 14.1. The Balaban J connectivity index is 1.67. The molecule has 0 atom stereocenters. The zero-order valence-corrected chi connectivity index (χ0v) is 13.7. The number of carbonyl (C=O) groups is 1. The van der Waals surface area contributed by atoms with E-state index in [-0.39, 0.29) is 30.9 Å². The lowest BCUT2D eigenvalue weighted by molar-refractivity contribution is -0.117. The topological polar surface area (TPSA) is 32.3 Å². The fourth-order valence-corrected chi connectivity index (χ4v) is 2.81. The van der Waals surface area contributed by atoms with Crippen molar-refractivity contribution < 1.29 is 13.6 Å². The van der Waals surface area contributed by atoms with Gasteiger partial charge in [0.25, 0.3) is 0 Å². The highest BCUT2D eigenvalue weighted by Gasteiger charge is 2.31. The molecule has 1 saturated carbocycles. The maximum atomic E-state index is 14.0. The Bertz CT molecular complexity index is 729. The fraction of sp³-hybridized carbons (Fsp3) is 0.278. The highest BCUT2D eigenvalue weighted by molar-refractivity contribution is 6.31. The van der Waals surface area contributed by atoms with Crippen LogP contribution in [0.1, 0.15) is 18.4 Å². The molecule has 1 fully saturated rings. The van der Waals surface area contributed by atoms with Crippen molar-refractivity contribution in [2.75, 3.05) is 11.9 Å². The van der Waals surface area contributed by atoms with Gasteiger partial charge in [0.1, 0.15) is 11.6 Å². The van der Waals surface area contributed by atoms with E-state index in [1.165, 1.54) is 24.3 Å². The van der Waals surface area contributed by atoms with Crippen LogP contribution in [0.25, 0.3) is 0 Å². The second kappa shape index (κ2) is 7.28. The Morgan fingerprint density at radius 3 is 2.62 bits per heavy atom. The van der Waals surface area contributed by atoms with E-state index in [1.54, 1.807) is 18.2 Å². The van der Waals surface area contributed by atoms with Gasteiger partial charge in [0.15, 0.2) is 0 Å². The Labute approximate surface area is 144 Å². The smallest absolute Gasteiger partial charge is 0.238 e. The molecule has 1 N–H and O–H groups in total. The van der Waals surface area contributed by atoms with Gasteiger partial charge in [-0.2, -0.15) is 0 Å². The second-order valence-electron chi connectivity index (χ2n) is 5.89. The van der Waals surface area contributed by atoms with E-state index in [2.05, 4.69) is 5.32 Å². The summed E-state index contributed by atoms with van der Waals surface area (Å²) in [6.07, 6.45) is 1.94. The Morgan fingerprint density at radius 2 is 1.96 bits per heavy atom. The molecule has 1 aliphatic rings. The number of anilines is 1. The molecule has 2 aromatic carbocycles. The van der Waals surface area contributed by atoms with E-state index < -0.39 is 5.82 Å². The van der Waals surface area contributed by atoms with Crippen LogP contribution in [0.15, 0.2) is 42.5 Å². The molecule has 0 radical (unpaired) electrons. The largest absolute Gasteiger partial charge is 0.325 e. The van der Waals surface area contributed by atoms with Crippen molar-refractivity contribution in [1.29, 1.82) is 0 Å². The predicted molar refractivity (Wildman–Crippen MR) is 89.9 cm³/mol. The third kappa shape index (κ3) is 4.30. The van der Waals surface area contributed by atoms with Crippen LogP contribution in [0.4, 0.5) is 14.5 Å². The van der Waals surface area contributed by atoms with Gasteiger partial charge in [-0.1, -0.05) is 23.7 Å². The number of hydrogen-bond acceptors (Lipinski definition) is 2. The molecule has 1 amide bonds. The molecule has 0 bridgehead atoms. The van der Waals surface area contributed by atoms with Crippen molar-refractivity contribution in [3.63, 3.8) is 0 Å². The van der Waals surface area contributed by atoms with Crippen molar-refractivity contribution in [2.24, 2.45) is 0 Å². The summed E-state index contributed by atoms with van der Waals surface area (Å²) in [7, 11) is 0. The fourth-order valence-electron chi connectivity index (χ4n) is 2.59. The minimum atomic E-state index is -0.412. The summed E-state index contributed by atoms with van der Waals surface area (Å²) in [5, 5.41) is 3.02. The first kappa shape index (κ1) is 16.9. The number of halogens is 3. The number of nitrogens with one attached hydrogen (secondary N) is 1. The first-order chi connectivity index (χ1) is 11.5. The Hall–Kier alpha value is -1.98. The maximum Gasteiger partial charge on any atom is 0.238 e. The quantitative estimate of drug-likeness (QED) is 0.846. The molecule has 0 aromatic heterocycles. The molecule has 126 valence electrons. The average Bonchev–Trinajstić information content (AvgIpc) is 3.34. The molecular formula is C18H17ClF2N2O. The van der Waals surface area contributed by atoms with Gasteiger partial charge in [0.2, 0.25) is 5.91 Å². The summed E-state index contributed by atoms with van der Waals surface area (Å²) in [5.74, 6) is -1.05. The lowest BCUT2D eigenvalue weighted by atomic mass is 10.2. The highest BCUT2D eigenvalue weighted by atomic mass is 35.5. The third-order valence-electron chi connectivity index (χ3n) is 3.94. The van der Waals surface area contributed by atoms with Crippen LogP contribution in [0, 0.1) is 11.6 Å². The van der Waals surface area contributed by atoms with Crippen LogP contribution in [0.5, 0.6) is 0 Å². The minimum Gasteiger partial charge on any atom is -0.325 e. The van der Waals surface area contributed by atoms with Crippen LogP contribution in [-0.4, -0.2) is 23.4 Å². The molecule has 0 unspecified atom stereocenters. The molecule has 0 saturated heterocycles. The van der Waals surface area contributed by atoms with Gasteiger partial charge in [0.05, 0.1) is 6.54 Å². The SMILES string of the molecule is O=C(CN(Cc1c(F)cccc1Cl)C1CC1)Nc1cccc(F)c1. The minimum absolute atomic E-state index is 0.103. The van der Waals surface area contributed by atoms with E-state index in [0.29, 0.717) is 16.3 Å². The lowest BCUT2D eigenvalue weighted by Crippen LogP contribution is -2.34. The van der Waals surface area contributed by atoms with Gasteiger partial charge in [-0.3, -0.25) is 9.69 Å². The molecular weight excluding hydrogens is 334 g/mol.